The van der Waals surface area contributed by atoms with Gasteiger partial charge in [-0.05, 0) is 42.5 Å². The molecule has 0 aliphatic carbocycles. The summed E-state index contributed by atoms with van der Waals surface area (Å²) in [5.41, 5.74) is 0.294. The molecule has 0 saturated heterocycles. The molecule has 2 aromatic carbocycles. The predicted molar refractivity (Wildman–Crippen MR) is 85.5 cm³/mol. The highest BCUT2D eigenvalue weighted by atomic mass is 79.9. The number of hydrogen-bond acceptors (Lipinski definition) is 3. The van der Waals surface area contributed by atoms with Gasteiger partial charge in [-0.3, -0.25) is 0 Å². The molecule has 21 heavy (non-hydrogen) atoms. The summed E-state index contributed by atoms with van der Waals surface area (Å²) < 4.78 is 19.9. The molecular weight excluding hydrogens is 361 g/mol. The topological polar surface area (TPSA) is 41.5 Å². The van der Waals surface area contributed by atoms with Crippen molar-refractivity contribution in [3.63, 3.8) is 0 Å². The van der Waals surface area contributed by atoms with Crippen molar-refractivity contribution in [2.45, 2.75) is 6.10 Å². The molecule has 0 fully saturated rings. The molecule has 6 heteroatoms. The van der Waals surface area contributed by atoms with Crippen LogP contribution in [0.15, 0.2) is 46.9 Å². The van der Waals surface area contributed by atoms with Crippen LogP contribution in [0.5, 0.6) is 5.75 Å². The average molecular weight is 375 g/mol. The first-order valence-electron chi connectivity index (χ1n) is 6.30. The van der Waals surface area contributed by atoms with Gasteiger partial charge in [-0.25, -0.2) is 4.39 Å². The maximum Gasteiger partial charge on any atom is 0.147 e. The van der Waals surface area contributed by atoms with E-state index >= 15 is 0 Å². The number of aliphatic hydroxyl groups excluding tert-OH is 1. The van der Waals surface area contributed by atoms with Crippen LogP contribution in [-0.2, 0) is 0 Å². The van der Waals surface area contributed by atoms with Crippen molar-refractivity contribution >= 4 is 33.2 Å². The van der Waals surface area contributed by atoms with E-state index in [2.05, 4.69) is 21.2 Å². The van der Waals surface area contributed by atoms with Crippen molar-refractivity contribution in [3.05, 3.63) is 57.8 Å². The fourth-order valence-corrected chi connectivity index (χ4v) is 2.07. The summed E-state index contributed by atoms with van der Waals surface area (Å²) in [6, 6.07) is 11.6. The van der Waals surface area contributed by atoms with E-state index in [0.29, 0.717) is 16.5 Å². The Morgan fingerprint density at radius 2 is 1.95 bits per heavy atom. The Bertz CT molecular complexity index is 595. The van der Waals surface area contributed by atoms with Crippen LogP contribution < -0.4 is 10.1 Å². The summed E-state index contributed by atoms with van der Waals surface area (Å²) in [7, 11) is 0. The summed E-state index contributed by atoms with van der Waals surface area (Å²) in [6.07, 6.45) is -0.760. The molecule has 0 amide bonds. The van der Waals surface area contributed by atoms with E-state index in [9.17, 15) is 9.50 Å². The Hall–Kier alpha value is -1.30. The Balaban J connectivity index is 1.79. The van der Waals surface area contributed by atoms with Gasteiger partial charge in [0.25, 0.3) is 0 Å². The van der Waals surface area contributed by atoms with Crippen molar-refractivity contribution in [3.8, 4) is 5.75 Å². The van der Waals surface area contributed by atoms with Crippen molar-refractivity contribution < 1.29 is 14.2 Å². The number of aliphatic hydroxyl groups is 1. The molecule has 0 aliphatic heterocycles. The highest BCUT2D eigenvalue weighted by Gasteiger charge is 2.08. The first kappa shape index (κ1) is 16.1. The molecule has 0 radical (unpaired) electrons. The van der Waals surface area contributed by atoms with Gasteiger partial charge in [-0.2, -0.15) is 0 Å². The molecule has 2 rings (SSSR count). The molecule has 1 atom stereocenters. The lowest BCUT2D eigenvalue weighted by atomic mass is 10.3. The first-order chi connectivity index (χ1) is 10.0. The van der Waals surface area contributed by atoms with Crippen LogP contribution in [0.1, 0.15) is 0 Å². The van der Waals surface area contributed by atoms with E-state index in [1.54, 1.807) is 18.2 Å². The van der Waals surface area contributed by atoms with Gasteiger partial charge in [0.2, 0.25) is 0 Å². The zero-order valence-corrected chi connectivity index (χ0v) is 13.4. The average Bonchev–Trinajstić information content (AvgIpc) is 2.46. The Morgan fingerprint density at radius 3 is 2.62 bits per heavy atom. The quantitative estimate of drug-likeness (QED) is 0.800. The molecule has 112 valence electrons. The summed E-state index contributed by atoms with van der Waals surface area (Å²) in [5, 5.41) is 13.0. The molecule has 3 nitrogen and oxygen atoms in total. The standard InChI is InChI=1S/C15H14BrClFNO2/c16-10-1-4-13(5-2-10)21-9-12(20)8-19-15-6-3-11(17)7-14(15)18/h1-7,12,19-20H,8-9H2. The number of halogens is 3. The van der Waals surface area contributed by atoms with Gasteiger partial charge in [-0.15, -0.1) is 0 Å². The molecule has 0 saturated carbocycles. The zero-order valence-electron chi connectivity index (χ0n) is 11.0. The Kier molecular flexibility index (Phi) is 5.85. The predicted octanol–water partition coefficient (Wildman–Crippen LogP) is 4.09. The highest BCUT2D eigenvalue weighted by molar-refractivity contribution is 9.10. The lowest BCUT2D eigenvalue weighted by Gasteiger charge is -2.14. The minimum absolute atomic E-state index is 0.115. The lowest BCUT2D eigenvalue weighted by Crippen LogP contribution is -2.26. The molecule has 2 N–H and O–H groups in total. The monoisotopic (exact) mass is 373 g/mol. The maximum absolute atomic E-state index is 13.5. The fraction of sp³-hybridized carbons (Fsp3) is 0.200. The van der Waals surface area contributed by atoms with Crippen molar-refractivity contribution in [1.29, 1.82) is 0 Å². The number of benzene rings is 2. The summed E-state index contributed by atoms with van der Waals surface area (Å²) in [5.74, 6) is 0.207. The van der Waals surface area contributed by atoms with E-state index in [1.165, 1.54) is 12.1 Å². The molecule has 2 aromatic rings. The third-order valence-electron chi connectivity index (χ3n) is 2.72. The van der Waals surface area contributed by atoms with Crippen LogP contribution in [0.3, 0.4) is 0 Å². The minimum atomic E-state index is -0.760. The second kappa shape index (κ2) is 7.64. The van der Waals surface area contributed by atoms with Gasteiger partial charge in [0.05, 0.1) is 5.69 Å². The van der Waals surface area contributed by atoms with E-state index in [0.717, 1.165) is 4.47 Å². The van der Waals surface area contributed by atoms with Gasteiger partial charge in [0, 0.05) is 16.0 Å². The van der Waals surface area contributed by atoms with E-state index in [4.69, 9.17) is 16.3 Å². The van der Waals surface area contributed by atoms with Crippen LogP contribution in [0.4, 0.5) is 10.1 Å². The lowest BCUT2D eigenvalue weighted by molar-refractivity contribution is 0.117. The molecule has 0 bridgehead atoms. The molecule has 0 heterocycles. The van der Waals surface area contributed by atoms with Crippen LogP contribution in [0.25, 0.3) is 0 Å². The van der Waals surface area contributed by atoms with Crippen LogP contribution in [0, 0.1) is 5.82 Å². The van der Waals surface area contributed by atoms with Crippen LogP contribution in [-0.4, -0.2) is 24.4 Å². The number of ether oxygens (including phenoxy) is 1. The highest BCUT2D eigenvalue weighted by Crippen LogP contribution is 2.19. The third-order valence-corrected chi connectivity index (χ3v) is 3.48. The van der Waals surface area contributed by atoms with Gasteiger partial charge >= 0.3 is 0 Å². The molecule has 0 aromatic heterocycles. The van der Waals surface area contributed by atoms with Crippen LogP contribution >= 0.6 is 27.5 Å². The van der Waals surface area contributed by atoms with Crippen LogP contribution in [0.2, 0.25) is 5.02 Å². The van der Waals surface area contributed by atoms with E-state index < -0.39 is 11.9 Å². The van der Waals surface area contributed by atoms with Gasteiger partial charge < -0.3 is 15.2 Å². The molecule has 0 spiro atoms. The number of rotatable bonds is 6. The second-order valence-corrected chi connectivity index (χ2v) is 5.78. The SMILES string of the molecule is OC(CNc1ccc(Cl)cc1F)COc1ccc(Br)cc1. The van der Waals surface area contributed by atoms with Gasteiger partial charge in [0.15, 0.2) is 0 Å². The second-order valence-electron chi connectivity index (χ2n) is 4.42. The van der Waals surface area contributed by atoms with Crippen molar-refractivity contribution in [2.75, 3.05) is 18.5 Å². The first-order valence-corrected chi connectivity index (χ1v) is 7.47. The Labute approximate surface area is 135 Å². The largest absolute Gasteiger partial charge is 0.491 e. The molecule has 0 aliphatic rings. The molecule has 1 unspecified atom stereocenters. The Morgan fingerprint density at radius 1 is 1.24 bits per heavy atom. The normalized spacial score (nSPS) is 12.0. The zero-order chi connectivity index (χ0) is 15.2. The van der Waals surface area contributed by atoms with Crippen molar-refractivity contribution in [1.82, 2.24) is 0 Å². The smallest absolute Gasteiger partial charge is 0.147 e. The van der Waals surface area contributed by atoms with E-state index in [1.807, 2.05) is 12.1 Å². The van der Waals surface area contributed by atoms with E-state index in [-0.39, 0.29) is 13.2 Å². The molecular formula is C15H14BrClFNO2. The number of hydrogen-bond donors (Lipinski definition) is 2. The summed E-state index contributed by atoms with van der Waals surface area (Å²) >= 11 is 9.00. The third kappa shape index (κ3) is 5.19. The fourth-order valence-electron chi connectivity index (χ4n) is 1.64. The minimum Gasteiger partial charge on any atom is -0.491 e. The van der Waals surface area contributed by atoms with Crippen molar-refractivity contribution in [2.24, 2.45) is 0 Å². The number of anilines is 1. The summed E-state index contributed by atoms with van der Waals surface area (Å²) in [4.78, 5) is 0. The van der Waals surface area contributed by atoms with Gasteiger partial charge in [0.1, 0.15) is 24.3 Å². The summed E-state index contributed by atoms with van der Waals surface area (Å²) in [6.45, 7) is 0.291. The maximum atomic E-state index is 13.5. The van der Waals surface area contributed by atoms with Gasteiger partial charge in [-0.1, -0.05) is 27.5 Å². The number of nitrogens with one attached hydrogen (secondary N) is 1.